The Bertz CT molecular complexity index is 844. The molecule has 148 valence electrons. The molecular weight excluding hydrogens is 352 g/mol. The molecule has 2 aliphatic heterocycles. The number of aromatic hydroxyl groups is 2. The number of epoxide rings is 2. The second-order valence-corrected chi connectivity index (χ2v) is 8.60. The van der Waals surface area contributed by atoms with E-state index in [1.54, 1.807) is 12.1 Å². The molecule has 2 aromatic rings. The van der Waals surface area contributed by atoms with E-state index in [9.17, 15) is 10.2 Å². The summed E-state index contributed by atoms with van der Waals surface area (Å²) >= 11 is 0. The number of hydrogen-bond donors (Lipinski definition) is 2. The summed E-state index contributed by atoms with van der Waals surface area (Å²) in [6.45, 7) is 1.59. The fourth-order valence-electron chi connectivity index (χ4n) is 5.07. The molecule has 2 N–H and O–H groups in total. The van der Waals surface area contributed by atoms with Crippen LogP contribution in [0.1, 0.15) is 54.4 Å². The van der Waals surface area contributed by atoms with Crippen LogP contribution in [0, 0.1) is 0 Å². The fourth-order valence-corrected chi connectivity index (χ4v) is 5.07. The molecule has 2 saturated heterocycles. The van der Waals surface area contributed by atoms with Crippen LogP contribution in [0.4, 0.5) is 0 Å². The van der Waals surface area contributed by atoms with E-state index in [4.69, 9.17) is 9.47 Å². The van der Waals surface area contributed by atoms with Crippen LogP contribution in [0.25, 0.3) is 0 Å². The second kappa shape index (κ2) is 7.09. The van der Waals surface area contributed by atoms with Crippen LogP contribution in [0.5, 0.6) is 11.5 Å². The highest BCUT2D eigenvalue weighted by molar-refractivity contribution is 5.53. The minimum absolute atomic E-state index is 0.0664. The number of phenols is 2. The van der Waals surface area contributed by atoms with Gasteiger partial charge in [0.05, 0.1) is 25.4 Å². The first-order chi connectivity index (χ1) is 13.7. The highest BCUT2D eigenvalue weighted by Crippen LogP contribution is 2.48. The van der Waals surface area contributed by atoms with Gasteiger partial charge in [-0.2, -0.15) is 0 Å². The van der Waals surface area contributed by atoms with Gasteiger partial charge in [0, 0.05) is 23.8 Å². The molecule has 0 spiro atoms. The zero-order chi connectivity index (χ0) is 19.1. The van der Waals surface area contributed by atoms with Crippen LogP contribution in [0.2, 0.25) is 0 Å². The predicted octanol–water partition coefficient (Wildman–Crippen LogP) is 4.23. The lowest BCUT2D eigenvalue weighted by molar-refractivity contribution is 0.340. The summed E-state index contributed by atoms with van der Waals surface area (Å²) in [6, 6.07) is 11.8. The summed E-state index contributed by atoms with van der Waals surface area (Å²) in [6.07, 6.45) is 7.97. The summed E-state index contributed by atoms with van der Waals surface area (Å²) in [7, 11) is 0. The summed E-state index contributed by atoms with van der Waals surface area (Å²) in [4.78, 5) is 0. The van der Waals surface area contributed by atoms with E-state index in [1.165, 1.54) is 36.0 Å². The topological polar surface area (TPSA) is 65.5 Å². The van der Waals surface area contributed by atoms with Gasteiger partial charge in [-0.15, -0.1) is 0 Å². The average molecular weight is 380 g/mol. The van der Waals surface area contributed by atoms with Crippen molar-refractivity contribution in [3.05, 3.63) is 58.7 Å². The minimum Gasteiger partial charge on any atom is -0.508 e. The third-order valence-corrected chi connectivity index (χ3v) is 6.72. The Morgan fingerprint density at radius 1 is 0.786 bits per heavy atom. The molecule has 1 aliphatic carbocycles. The minimum atomic E-state index is -0.0664. The molecule has 1 saturated carbocycles. The van der Waals surface area contributed by atoms with E-state index < -0.39 is 0 Å². The van der Waals surface area contributed by atoms with Gasteiger partial charge in [-0.3, -0.25) is 0 Å². The van der Waals surface area contributed by atoms with Gasteiger partial charge < -0.3 is 19.7 Å². The average Bonchev–Trinajstić information content (AvgIpc) is 3.62. The molecule has 2 heterocycles. The number of benzene rings is 2. The maximum Gasteiger partial charge on any atom is 0.119 e. The Labute approximate surface area is 166 Å². The Hall–Kier alpha value is -2.04. The van der Waals surface area contributed by atoms with Gasteiger partial charge in [0.15, 0.2) is 0 Å². The predicted molar refractivity (Wildman–Crippen MR) is 107 cm³/mol. The molecule has 2 aromatic carbocycles. The number of phenolic OH excluding ortho intramolecular Hbond substituents is 2. The molecule has 4 nitrogen and oxygen atoms in total. The maximum atomic E-state index is 10.7. The lowest BCUT2D eigenvalue weighted by atomic mass is 9.63. The van der Waals surface area contributed by atoms with Crippen molar-refractivity contribution in [1.29, 1.82) is 0 Å². The van der Waals surface area contributed by atoms with E-state index in [2.05, 4.69) is 18.2 Å². The SMILES string of the molecule is Oc1ccc(C2(c3ccc(O)c(CC4CO4)c3CC3CO3)CCCCC2)cc1. The summed E-state index contributed by atoms with van der Waals surface area (Å²) in [5, 5.41) is 20.5. The Morgan fingerprint density at radius 3 is 2.00 bits per heavy atom. The van der Waals surface area contributed by atoms with E-state index in [0.717, 1.165) is 44.5 Å². The van der Waals surface area contributed by atoms with Gasteiger partial charge in [-0.25, -0.2) is 0 Å². The van der Waals surface area contributed by atoms with Crippen LogP contribution < -0.4 is 0 Å². The Kier molecular flexibility index (Phi) is 4.56. The molecular formula is C24H28O4. The normalized spacial score (nSPS) is 25.4. The monoisotopic (exact) mass is 380 g/mol. The largest absolute Gasteiger partial charge is 0.508 e. The number of ether oxygens (including phenoxy) is 2. The molecule has 3 fully saturated rings. The molecule has 0 radical (unpaired) electrons. The highest BCUT2D eigenvalue weighted by Gasteiger charge is 2.40. The summed E-state index contributed by atoms with van der Waals surface area (Å²) < 4.78 is 11.1. The number of rotatable bonds is 6. The van der Waals surface area contributed by atoms with Crippen molar-refractivity contribution in [3.8, 4) is 11.5 Å². The van der Waals surface area contributed by atoms with Crippen molar-refractivity contribution in [2.75, 3.05) is 13.2 Å². The lowest BCUT2D eigenvalue weighted by Gasteiger charge is -2.40. The van der Waals surface area contributed by atoms with Gasteiger partial charge >= 0.3 is 0 Å². The van der Waals surface area contributed by atoms with Gasteiger partial charge in [-0.05, 0) is 47.7 Å². The van der Waals surface area contributed by atoms with Crippen LogP contribution in [-0.4, -0.2) is 35.6 Å². The molecule has 2 atom stereocenters. The Morgan fingerprint density at radius 2 is 1.39 bits per heavy atom. The van der Waals surface area contributed by atoms with E-state index in [-0.39, 0.29) is 17.6 Å². The van der Waals surface area contributed by atoms with Gasteiger partial charge in [0.2, 0.25) is 0 Å². The smallest absolute Gasteiger partial charge is 0.119 e. The van der Waals surface area contributed by atoms with Gasteiger partial charge in [0.25, 0.3) is 0 Å². The van der Waals surface area contributed by atoms with Crippen molar-refractivity contribution in [1.82, 2.24) is 0 Å². The fraction of sp³-hybridized carbons (Fsp3) is 0.500. The lowest BCUT2D eigenvalue weighted by Crippen LogP contribution is -2.32. The molecule has 3 aliphatic rings. The van der Waals surface area contributed by atoms with Crippen LogP contribution >= 0.6 is 0 Å². The Balaban J connectivity index is 1.66. The van der Waals surface area contributed by atoms with E-state index in [1.807, 2.05) is 6.07 Å². The molecule has 5 rings (SSSR count). The molecule has 28 heavy (non-hydrogen) atoms. The molecule has 4 heteroatoms. The van der Waals surface area contributed by atoms with Gasteiger partial charge in [0.1, 0.15) is 11.5 Å². The molecule has 0 amide bonds. The zero-order valence-corrected chi connectivity index (χ0v) is 16.2. The standard InChI is InChI=1S/C24H28O4/c25-17-6-4-16(5-7-17)24(10-2-1-3-11-24)22-8-9-23(26)21(13-19-15-28-19)20(22)12-18-14-27-18/h4-9,18-19,25-26H,1-3,10-15H2. The first-order valence-corrected chi connectivity index (χ1v) is 10.5. The number of hydrogen-bond acceptors (Lipinski definition) is 4. The van der Waals surface area contributed by atoms with Crippen LogP contribution in [-0.2, 0) is 27.7 Å². The van der Waals surface area contributed by atoms with Crippen LogP contribution in [0.3, 0.4) is 0 Å². The summed E-state index contributed by atoms with van der Waals surface area (Å²) in [5.41, 5.74) is 4.83. The summed E-state index contributed by atoms with van der Waals surface area (Å²) in [5.74, 6) is 0.685. The van der Waals surface area contributed by atoms with Crippen molar-refractivity contribution in [2.45, 2.75) is 62.6 Å². The second-order valence-electron chi connectivity index (χ2n) is 8.60. The van der Waals surface area contributed by atoms with Crippen molar-refractivity contribution in [2.24, 2.45) is 0 Å². The van der Waals surface area contributed by atoms with E-state index in [0.29, 0.717) is 11.5 Å². The highest BCUT2D eigenvalue weighted by atomic mass is 16.6. The third kappa shape index (κ3) is 3.40. The van der Waals surface area contributed by atoms with E-state index >= 15 is 0 Å². The first-order valence-electron chi connectivity index (χ1n) is 10.5. The van der Waals surface area contributed by atoms with Crippen molar-refractivity contribution in [3.63, 3.8) is 0 Å². The maximum absolute atomic E-state index is 10.7. The van der Waals surface area contributed by atoms with Crippen LogP contribution in [0.15, 0.2) is 36.4 Å². The molecule has 0 aromatic heterocycles. The third-order valence-electron chi connectivity index (χ3n) is 6.72. The van der Waals surface area contributed by atoms with Crippen molar-refractivity contribution >= 4 is 0 Å². The molecule has 0 bridgehead atoms. The van der Waals surface area contributed by atoms with Crippen molar-refractivity contribution < 1.29 is 19.7 Å². The quantitative estimate of drug-likeness (QED) is 0.736. The molecule has 2 unspecified atom stereocenters. The first kappa shape index (κ1) is 18.0. The zero-order valence-electron chi connectivity index (χ0n) is 16.2. The van der Waals surface area contributed by atoms with Gasteiger partial charge in [-0.1, -0.05) is 37.5 Å².